The molecule has 112 valence electrons. The average Bonchev–Trinajstić information content (AvgIpc) is 2.58. The Morgan fingerprint density at radius 1 is 1.21 bits per heavy atom. The van der Waals surface area contributed by atoms with E-state index in [1.807, 2.05) is 13.8 Å². The maximum Gasteiger partial charge on any atom is 0.221 e. The quantitative estimate of drug-likeness (QED) is 0.770. The predicted molar refractivity (Wildman–Crippen MR) is 80.2 cm³/mol. The molecule has 0 aliphatic carbocycles. The molecule has 2 N–H and O–H groups in total. The van der Waals surface area contributed by atoms with Crippen molar-refractivity contribution in [2.75, 3.05) is 13.1 Å². The van der Waals surface area contributed by atoms with Crippen LogP contribution in [0.4, 0.5) is 0 Å². The number of hydrogen-bond donors (Lipinski definition) is 2. The van der Waals surface area contributed by atoms with E-state index < -0.39 is 0 Å². The lowest BCUT2D eigenvalue weighted by atomic mass is 10.0. The minimum atomic E-state index is 0.140. The number of carbonyl (C=O) groups is 1. The maximum atomic E-state index is 11.7. The number of rotatable bonds is 6. The van der Waals surface area contributed by atoms with Crippen molar-refractivity contribution in [3.8, 4) is 0 Å². The lowest BCUT2D eigenvalue weighted by Gasteiger charge is -2.23. The fraction of sp³-hybridized carbons (Fsp3) is 0.933. The summed E-state index contributed by atoms with van der Waals surface area (Å²) in [7, 11) is 0. The molecule has 0 aromatic rings. The third-order valence-corrected chi connectivity index (χ3v) is 3.81. The molecule has 1 heterocycles. The normalized spacial score (nSPS) is 26.1. The van der Waals surface area contributed by atoms with Crippen LogP contribution in [0.3, 0.4) is 0 Å². The first-order valence-corrected chi connectivity index (χ1v) is 7.59. The smallest absolute Gasteiger partial charge is 0.221 e. The van der Waals surface area contributed by atoms with Crippen molar-refractivity contribution in [1.29, 1.82) is 0 Å². The molecule has 3 atom stereocenters. The van der Waals surface area contributed by atoms with E-state index in [2.05, 4.69) is 43.2 Å². The standard InChI is InChI=1S/C15H31N3O/c1-10(2)16-15(19)7-13(6)17-14-9-18(11(3)4)8-12(14)5/h10-14,17H,7-9H2,1-6H3,(H,16,19)/t12-,13+,14-/m1/s1. The lowest BCUT2D eigenvalue weighted by Crippen LogP contribution is -2.44. The summed E-state index contributed by atoms with van der Waals surface area (Å²) in [6, 6.07) is 1.57. The first kappa shape index (κ1) is 16.4. The largest absolute Gasteiger partial charge is 0.354 e. The van der Waals surface area contributed by atoms with Gasteiger partial charge in [-0.2, -0.15) is 0 Å². The fourth-order valence-electron chi connectivity index (χ4n) is 2.73. The van der Waals surface area contributed by atoms with Gasteiger partial charge in [0.1, 0.15) is 0 Å². The monoisotopic (exact) mass is 269 g/mol. The van der Waals surface area contributed by atoms with Gasteiger partial charge in [0, 0.05) is 43.7 Å². The molecular formula is C15H31N3O. The molecule has 0 unspecified atom stereocenters. The molecule has 0 spiro atoms. The molecule has 1 rings (SSSR count). The van der Waals surface area contributed by atoms with Crippen molar-refractivity contribution in [3.63, 3.8) is 0 Å². The highest BCUT2D eigenvalue weighted by Crippen LogP contribution is 2.19. The summed E-state index contributed by atoms with van der Waals surface area (Å²) in [6.07, 6.45) is 0.559. The summed E-state index contributed by atoms with van der Waals surface area (Å²) >= 11 is 0. The van der Waals surface area contributed by atoms with E-state index in [-0.39, 0.29) is 18.0 Å². The molecule has 1 fully saturated rings. The van der Waals surface area contributed by atoms with Gasteiger partial charge in [-0.15, -0.1) is 0 Å². The molecule has 1 saturated heterocycles. The van der Waals surface area contributed by atoms with Gasteiger partial charge < -0.3 is 10.6 Å². The van der Waals surface area contributed by atoms with Gasteiger partial charge in [0.2, 0.25) is 5.91 Å². The number of nitrogens with zero attached hydrogens (tertiary/aromatic N) is 1. The van der Waals surface area contributed by atoms with Crippen molar-refractivity contribution in [3.05, 3.63) is 0 Å². The highest BCUT2D eigenvalue weighted by atomic mass is 16.1. The summed E-state index contributed by atoms with van der Waals surface area (Å²) in [5.41, 5.74) is 0. The molecule has 19 heavy (non-hydrogen) atoms. The van der Waals surface area contributed by atoms with Gasteiger partial charge in [-0.25, -0.2) is 0 Å². The highest BCUT2D eigenvalue weighted by molar-refractivity contribution is 5.76. The van der Waals surface area contributed by atoms with Crippen LogP contribution in [0.1, 0.15) is 48.0 Å². The van der Waals surface area contributed by atoms with Crippen LogP contribution < -0.4 is 10.6 Å². The van der Waals surface area contributed by atoms with Crippen LogP contribution in [0, 0.1) is 5.92 Å². The maximum absolute atomic E-state index is 11.7. The molecular weight excluding hydrogens is 238 g/mol. The van der Waals surface area contributed by atoms with Crippen LogP contribution in [0.2, 0.25) is 0 Å². The number of likely N-dealkylation sites (tertiary alicyclic amines) is 1. The second-order valence-corrected chi connectivity index (χ2v) is 6.63. The summed E-state index contributed by atoms with van der Waals surface area (Å²) in [6.45, 7) is 15.1. The Morgan fingerprint density at radius 3 is 2.32 bits per heavy atom. The van der Waals surface area contributed by atoms with Crippen molar-refractivity contribution < 1.29 is 4.79 Å². The Labute approximate surface area is 118 Å². The van der Waals surface area contributed by atoms with E-state index in [9.17, 15) is 4.79 Å². The third kappa shape index (κ3) is 5.49. The second-order valence-electron chi connectivity index (χ2n) is 6.63. The molecule has 0 aromatic carbocycles. The average molecular weight is 269 g/mol. The number of carbonyl (C=O) groups excluding carboxylic acids is 1. The van der Waals surface area contributed by atoms with Gasteiger partial charge in [-0.1, -0.05) is 6.92 Å². The van der Waals surface area contributed by atoms with Gasteiger partial charge >= 0.3 is 0 Å². The Hall–Kier alpha value is -0.610. The summed E-state index contributed by atoms with van der Waals surface area (Å²) < 4.78 is 0. The zero-order valence-electron chi connectivity index (χ0n) is 13.4. The third-order valence-electron chi connectivity index (χ3n) is 3.81. The predicted octanol–water partition coefficient (Wildman–Crippen LogP) is 1.61. The minimum absolute atomic E-state index is 0.140. The van der Waals surface area contributed by atoms with Crippen LogP contribution in [0.5, 0.6) is 0 Å². The zero-order chi connectivity index (χ0) is 14.6. The van der Waals surface area contributed by atoms with Gasteiger partial charge in [0.25, 0.3) is 0 Å². The first-order chi connectivity index (χ1) is 8.79. The Balaban J connectivity index is 2.36. The molecule has 1 aliphatic rings. The van der Waals surface area contributed by atoms with Crippen molar-refractivity contribution in [2.45, 2.75) is 72.1 Å². The van der Waals surface area contributed by atoms with Gasteiger partial charge in [-0.05, 0) is 40.5 Å². The molecule has 4 nitrogen and oxygen atoms in total. The molecule has 1 amide bonds. The van der Waals surface area contributed by atoms with E-state index in [1.54, 1.807) is 0 Å². The highest BCUT2D eigenvalue weighted by Gasteiger charge is 2.31. The summed E-state index contributed by atoms with van der Waals surface area (Å²) in [4.78, 5) is 14.2. The van der Waals surface area contributed by atoms with E-state index in [0.29, 0.717) is 24.4 Å². The van der Waals surface area contributed by atoms with Gasteiger partial charge in [0.15, 0.2) is 0 Å². The first-order valence-electron chi connectivity index (χ1n) is 7.59. The van der Waals surface area contributed by atoms with Crippen LogP contribution >= 0.6 is 0 Å². The molecule has 0 saturated carbocycles. The SMILES string of the molecule is CC(C)NC(=O)C[C@H](C)N[C@@H]1CN(C(C)C)C[C@H]1C. The van der Waals surface area contributed by atoms with Crippen LogP contribution in [-0.2, 0) is 4.79 Å². The van der Waals surface area contributed by atoms with Crippen LogP contribution in [0.25, 0.3) is 0 Å². The van der Waals surface area contributed by atoms with Gasteiger partial charge in [-0.3, -0.25) is 9.69 Å². The van der Waals surface area contributed by atoms with E-state index in [1.165, 1.54) is 0 Å². The van der Waals surface area contributed by atoms with Crippen molar-refractivity contribution >= 4 is 5.91 Å². The molecule has 0 bridgehead atoms. The van der Waals surface area contributed by atoms with Crippen LogP contribution in [0.15, 0.2) is 0 Å². The summed E-state index contributed by atoms with van der Waals surface area (Å²) in [5.74, 6) is 0.791. The fourth-order valence-corrected chi connectivity index (χ4v) is 2.73. The number of hydrogen-bond acceptors (Lipinski definition) is 3. The van der Waals surface area contributed by atoms with Crippen molar-refractivity contribution in [1.82, 2.24) is 15.5 Å². The van der Waals surface area contributed by atoms with E-state index >= 15 is 0 Å². The van der Waals surface area contributed by atoms with E-state index in [4.69, 9.17) is 0 Å². The molecule has 4 heteroatoms. The minimum Gasteiger partial charge on any atom is -0.354 e. The summed E-state index contributed by atoms with van der Waals surface area (Å²) in [5, 5.41) is 6.56. The van der Waals surface area contributed by atoms with Crippen molar-refractivity contribution in [2.24, 2.45) is 5.92 Å². The Kier molecular flexibility index (Phi) is 6.27. The van der Waals surface area contributed by atoms with Gasteiger partial charge in [0.05, 0.1) is 0 Å². The zero-order valence-corrected chi connectivity index (χ0v) is 13.4. The topological polar surface area (TPSA) is 44.4 Å². The number of nitrogens with one attached hydrogen (secondary N) is 2. The van der Waals surface area contributed by atoms with Crippen LogP contribution in [-0.4, -0.2) is 48.1 Å². The lowest BCUT2D eigenvalue weighted by molar-refractivity contribution is -0.122. The second kappa shape index (κ2) is 7.25. The number of amides is 1. The molecule has 1 aliphatic heterocycles. The Bertz CT molecular complexity index is 291. The molecule has 0 aromatic heterocycles. The molecule has 0 radical (unpaired) electrons. The van der Waals surface area contributed by atoms with E-state index in [0.717, 1.165) is 13.1 Å². The Morgan fingerprint density at radius 2 is 1.84 bits per heavy atom.